The fourth-order valence-corrected chi connectivity index (χ4v) is 3.29. The van der Waals surface area contributed by atoms with Gasteiger partial charge >= 0.3 is 0 Å². The van der Waals surface area contributed by atoms with E-state index in [0.29, 0.717) is 0 Å². The zero-order valence-electron chi connectivity index (χ0n) is 16.5. The van der Waals surface area contributed by atoms with E-state index in [1.54, 1.807) is 19.5 Å². The number of hydrogen-bond donors (Lipinski definition) is 1. The summed E-state index contributed by atoms with van der Waals surface area (Å²) in [6.45, 7) is 4.19. The predicted octanol–water partition coefficient (Wildman–Crippen LogP) is 2.26. The fourth-order valence-electron chi connectivity index (χ4n) is 3.29. The molecule has 150 valence electrons. The highest BCUT2D eigenvalue weighted by atomic mass is 16.5. The van der Waals surface area contributed by atoms with Crippen molar-refractivity contribution in [1.29, 1.82) is 0 Å². The SMILES string of the molecule is COc1ccc(CCNc2ccnc(N3CCN(c4ncccn4)CC3)n2)cc1. The van der Waals surface area contributed by atoms with Gasteiger partial charge in [0.05, 0.1) is 7.11 Å². The lowest BCUT2D eigenvalue weighted by atomic mass is 10.1. The van der Waals surface area contributed by atoms with Gasteiger partial charge in [-0.1, -0.05) is 12.1 Å². The van der Waals surface area contributed by atoms with Crippen LogP contribution in [0.25, 0.3) is 0 Å². The number of aromatic nitrogens is 4. The van der Waals surface area contributed by atoms with Crippen LogP contribution in [0.5, 0.6) is 5.75 Å². The van der Waals surface area contributed by atoms with E-state index in [0.717, 1.165) is 62.6 Å². The van der Waals surface area contributed by atoms with Crippen molar-refractivity contribution in [2.75, 3.05) is 55.0 Å². The second-order valence-corrected chi connectivity index (χ2v) is 6.79. The van der Waals surface area contributed by atoms with Crippen molar-refractivity contribution in [1.82, 2.24) is 19.9 Å². The number of nitrogens with zero attached hydrogens (tertiary/aromatic N) is 6. The molecule has 1 aliphatic rings. The monoisotopic (exact) mass is 391 g/mol. The summed E-state index contributed by atoms with van der Waals surface area (Å²) in [6, 6.07) is 11.9. The minimum atomic E-state index is 0.757. The molecule has 0 saturated carbocycles. The Morgan fingerprint density at radius 2 is 1.52 bits per heavy atom. The van der Waals surface area contributed by atoms with Crippen LogP contribution >= 0.6 is 0 Å². The molecule has 0 aliphatic carbocycles. The summed E-state index contributed by atoms with van der Waals surface area (Å²) in [5, 5.41) is 3.40. The molecule has 0 radical (unpaired) electrons. The largest absolute Gasteiger partial charge is 0.497 e. The number of hydrogen-bond acceptors (Lipinski definition) is 8. The molecule has 2 aromatic heterocycles. The van der Waals surface area contributed by atoms with E-state index >= 15 is 0 Å². The first-order valence-electron chi connectivity index (χ1n) is 9.78. The number of benzene rings is 1. The molecule has 1 saturated heterocycles. The number of nitrogens with one attached hydrogen (secondary N) is 1. The maximum absolute atomic E-state index is 5.20. The first-order chi connectivity index (χ1) is 14.3. The molecule has 29 heavy (non-hydrogen) atoms. The van der Waals surface area contributed by atoms with Gasteiger partial charge in [-0.25, -0.2) is 15.0 Å². The molecule has 0 bridgehead atoms. The third-order valence-corrected chi connectivity index (χ3v) is 4.92. The third kappa shape index (κ3) is 4.90. The molecule has 1 N–H and O–H groups in total. The molecule has 0 spiro atoms. The molecule has 0 unspecified atom stereocenters. The van der Waals surface area contributed by atoms with Crippen molar-refractivity contribution in [3.63, 3.8) is 0 Å². The van der Waals surface area contributed by atoms with Gasteiger partial charge in [0.2, 0.25) is 11.9 Å². The molecule has 8 nitrogen and oxygen atoms in total. The summed E-state index contributed by atoms with van der Waals surface area (Å²) in [6.07, 6.45) is 6.28. The van der Waals surface area contributed by atoms with Gasteiger partial charge in [0.25, 0.3) is 0 Å². The molecule has 1 fully saturated rings. The molecule has 0 amide bonds. The van der Waals surface area contributed by atoms with Crippen LogP contribution in [0.15, 0.2) is 55.0 Å². The zero-order chi connectivity index (χ0) is 19.9. The Kier molecular flexibility index (Phi) is 5.99. The average molecular weight is 391 g/mol. The summed E-state index contributed by atoms with van der Waals surface area (Å²) >= 11 is 0. The quantitative estimate of drug-likeness (QED) is 0.657. The molecular weight excluding hydrogens is 366 g/mol. The van der Waals surface area contributed by atoms with E-state index in [-0.39, 0.29) is 0 Å². The van der Waals surface area contributed by atoms with Gasteiger partial charge in [-0.05, 0) is 36.2 Å². The van der Waals surface area contributed by atoms with Crippen LogP contribution in [0.2, 0.25) is 0 Å². The van der Waals surface area contributed by atoms with Crippen molar-refractivity contribution >= 4 is 17.7 Å². The number of anilines is 3. The van der Waals surface area contributed by atoms with E-state index in [4.69, 9.17) is 4.74 Å². The Hall–Kier alpha value is -3.42. The van der Waals surface area contributed by atoms with Crippen molar-refractivity contribution in [3.8, 4) is 5.75 Å². The smallest absolute Gasteiger partial charge is 0.227 e. The zero-order valence-corrected chi connectivity index (χ0v) is 16.5. The molecule has 4 rings (SSSR count). The highest BCUT2D eigenvalue weighted by Crippen LogP contribution is 2.16. The van der Waals surface area contributed by atoms with Crippen molar-refractivity contribution in [2.45, 2.75) is 6.42 Å². The Labute approximate surface area is 170 Å². The Morgan fingerprint density at radius 1 is 0.862 bits per heavy atom. The normalized spacial score (nSPS) is 14.0. The van der Waals surface area contributed by atoms with Gasteiger partial charge in [0.1, 0.15) is 11.6 Å². The van der Waals surface area contributed by atoms with Gasteiger partial charge in [0, 0.05) is 51.3 Å². The van der Waals surface area contributed by atoms with Crippen LogP contribution in [-0.4, -0.2) is 59.8 Å². The summed E-state index contributed by atoms with van der Waals surface area (Å²) in [4.78, 5) is 22.2. The number of methoxy groups -OCH3 is 1. The first kappa shape index (κ1) is 18.9. The Morgan fingerprint density at radius 3 is 2.21 bits per heavy atom. The van der Waals surface area contributed by atoms with Crippen LogP contribution in [0.1, 0.15) is 5.56 Å². The van der Waals surface area contributed by atoms with E-state index in [9.17, 15) is 0 Å². The van der Waals surface area contributed by atoms with Crippen LogP contribution in [0.4, 0.5) is 17.7 Å². The topological polar surface area (TPSA) is 79.3 Å². The molecule has 3 aromatic rings. The van der Waals surface area contributed by atoms with Crippen LogP contribution in [0, 0.1) is 0 Å². The van der Waals surface area contributed by atoms with Crippen LogP contribution in [0.3, 0.4) is 0 Å². The fraction of sp³-hybridized carbons (Fsp3) is 0.333. The summed E-state index contributed by atoms with van der Waals surface area (Å²) < 4.78 is 5.20. The van der Waals surface area contributed by atoms with Gasteiger partial charge in [-0.15, -0.1) is 0 Å². The first-order valence-corrected chi connectivity index (χ1v) is 9.78. The molecule has 0 atom stereocenters. The highest BCUT2D eigenvalue weighted by molar-refractivity contribution is 5.43. The van der Waals surface area contributed by atoms with Gasteiger partial charge in [-0.3, -0.25) is 0 Å². The summed E-state index contributed by atoms with van der Waals surface area (Å²) in [5.41, 5.74) is 1.26. The number of piperazine rings is 1. The Bertz CT molecular complexity index is 896. The second kappa shape index (κ2) is 9.18. The predicted molar refractivity (Wildman–Crippen MR) is 114 cm³/mol. The summed E-state index contributed by atoms with van der Waals surface area (Å²) in [5.74, 6) is 3.26. The molecule has 1 aromatic carbocycles. The van der Waals surface area contributed by atoms with Crippen LogP contribution in [-0.2, 0) is 6.42 Å². The van der Waals surface area contributed by atoms with Crippen molar-refractivity contribution in [2.24, 2.45) is 0 Å². The average Bonchev–Trinajstić information content (AvgIpc) is 2.80. The second-order valence-electron chi connectivity index (χ2n) is 6.79. The van der Waals surface area contributed by atoms with E-state index in [1.807, 2.05) is 30.5 Å². The Balaban J connectivity index is 1.29. The number of ether oxygens (including phenoxy) is 1. The molecule has 1 aliphatic heterocycles. The van der Waals surface area contributed by atoms with Crippen molar-refractivity contribution in [3.05, 3.63) is 60.6 Å². The summed E-state index contributed by atoms with van der Waals surface area (Å²) in [7, 11) is 1.68. The maximum atomic E-state index is 5.20. The van der Waals surface area contributed by atoms with Gasteiger partial charge < -0.3 is 19.9 Å². The lowest BCUT2D eigenvalue weighted by Gasteiger charge is -2.34. The molecule has 3 heterocycles. The van der Waals surface area contributed by atoms with Crippen LogP contribution < -0.4 is 19.9 Å². The lowest BCUT2D eigenvalue weighted by molar-refractivity contribution is 0.414. The standard InChI is InChI=1S/C21H25N7O/c1-29-18-5-3-17(4-6-18)7-11-22-19-8-12-25-21(26-19)28-15-13-27(14-16-28)20-23-9-2-10-24-20/h2-6,8-10,12H,7,11,13-16H2,1H3,(H,22,25,26). The lowest BCUT2D eigenvalue weighted by Crippen LogP contribution is -2.47. The van der Waals surface area contributed by atoms with E-state index in [2.05, 4.69) is 47.2 Å². The number of rotatable bonds is 7. The maximum Gasteiger partial charge on any atom is 0.227 e. The van der Waals surface area contributed by atoms with E-state index in [1.165, 1.54) is 5.56 Å². The van der Waals surface area contributed by atoms with E-state index < -0.39 is 0 Å². The minimum absolute atomic E-state index is 0.757. The highest BCUT2D eigenvalue weighted by Gasteiger charge is 2.20. The molecular formula is C21H25N7O. The van der Waals surface area contributed by atoms with Gasteiger partial charge in [0.15, 0.2) is 0 Å². The third-order valence-electron chi connectivity index (χ3n) is 4.92. The van der Waals surface area contributed by atoms with Gasteiger partial charge in [-0.2, -0.15) is 4.98 Å². The van der Waals surface area contributed by atoms with Crippen molar-refractivity contribution < 1.29 is 4.74 Å². The minimum Gasteiger partial charge on any atom is -0.497 e. The molecule has 8 heteroatoms.